The Morgan fingerprint density at radius 3 is 2.44 bits per heavy atom. The van der Waals surface area contributed by atoms with Crippen molar-refractivity contribution in [2.24, 2.45) is 0 Å². The van der Waals surface area contributed by atoms with Crippen molar-refractivity contribution in [2.45, 2.75) is 33.6 Å². The minimum absolute atomic E-state index is 0.489. The van der Waals surface area contributed by atoms with E-state index in [1.807, 2.05) is 18.2 Å². The van der Waals surface area contributed by atoms with Crippen molar-refractivity contribution in [3.63, 3.8) is 0 Å². The molecule has 0 radical (unpaired) electrons. The van der Waals surface area contributed by atoms with Gasteiger partial charge < -0.3 is 10.6 Å². The van der Waals surface area contributed by atoms with Crippen LogP contribution in [0, 0.1) is 6.92 Å². The molecule has 0 aliphatic rings. The van der Waals surface area contributed by atoms with E-state index in [0.717, 1.165) is 29.8 Å². The molecular formula is C20H23N5. The Kier molecular flexibility index (Phi) is 5.23. The van der Waals surface area contributed by atoms with Crippen molar-refractivity contribution in [1.82, 2.24) is 15.2 Å². The summed E-state index contributed by atoms with van der Waals surface area (Å²) in [4.78, 5) is 4.56. The van der Waals surface area contributed by atoms with Crippen LogP contribution in [0.5, 0.6) is 0 Å². The molecule has 25 heavy (non-hydrogen) atoms. The number of anilines is 4. The smallest absolute Gasteiger partial charge is 0.249 e. The zero-order chi connectivity index (χ0) is 17.6. The lowest BCUT2D eigenvalue weighted by Gasteiger charge is -2.14. The second-order valence-electron chi connectivity index (χ2n) is 5.89. The van der Waals surface area contributed by atoms with Gasteiger partial charge in [0.1, 0.15) is 0 Å². The molecule has 0 spiro atoms. The zero-order valence-corrected chi connectivity index (χ0v) is 14.9. The van der Waals surface area contributed by atoms with Gasteiger partial charge in [-0.1, -0.05) is 50.2 Å². The lowest BCUT2D eigenvalue weighted by atomic mass is 10.1. The summed E-state index contributed by atoms with van der Waals surface area (Å²) >= 11 is 0. The number of aromatic nitrogens is 3. The topological polar surface area (TPSA) is 62.7 Å². The molecule has 1 heterocycles. The molecule has 1 aromatic heterocycles. The minimum atomic E-state index is 0.489. The lowest BCUT2D eigenvalue weighted by molar-refractivity contribution is 0.978. The normalized spacial score (nSPS) is 10.5. The van der Waals surface area contributed by atoms with Gasteiger partial charge in [0.2, 0.25) is 5.95 Å². The summed E-state index contributed by atoms with van der Waals surface area (Å²) in [5.74, 6) is 1.16. The van der Waals surface area contributed by atoms with E-state index in [2.05, 4.69) is 70.9 Å². The predicted octanol–water partition coefficient (Wildman–Crippen LogP) is 4.79. The first-order valence-corrected chi connectivity index (χ1v) is 8.61. The van der Waals surface area contributed by atoms with Gasteiger partial charge in [-0.05, 0) is 42.5 Å². The van der Waals surface area contributed by atoms with Gasteiger partial charge in [0, 0.05) is 11.4 Å². The number of para-hydroxylation sites is 2. The Bertz CT molecular complexity index is 860. The van der Waals surface area contributed by atoms with Crippen LogP contribution in [-0.4, -0.2) is 15.2 Å². The highest BCUT2D eigenvalue weighted by Gasteiger charge is 2.08. The van der Waals surface area contributed by atoms with Crippen molar-refractivity contribution in [2.75, 3.05) is 10.6 Å². The highest BCUT2D eigenvalue weighted by Crippen LogP contribution is 2.25. The Balaban J connectivity index is 1.85. The fourth-order valence-corrected chi connectivity index (χ4v) is 2.82. The monoisotopic (exact) mass is 333 g/mol. The number of benzene rings is 2. The summed E-state index contributed by atoms with van der Waals surface area (Å²) in [7, 11) is 0. The summed E-state index contributed by atoms with van der Waals surface area (Å²) in [5, 5.41) is 14.9. The van der Waals surface area contributed by atoms with E-state index in [1.54, 1.807) is 6.20 Å². The van der Waals surface area contributed by atoms with Crippen molar-refractivity contribution < 1.29 is 0 Å². The van der Waals surface area contributed by atoms with Gasteiger partial charge in [0.25, 0.3) is 0 Å². The molecule has 0 atom stereocenters. The second-order valence-corrected chi connectivity index (χ2v) is 5.89. The van der Waals surface area contributed by atoms with E-state index in [9.17, 15) is 0 Å². The minimum Gasteiger partial charge on any atom is -0.339 e. The fourth-order valence-electron chi connectivity index (χ4n) is 2.82. The van der Waals surface area contributed by atoms with Crippen LogP contribution in [0.3, 0.4) is 0 Å². The maximum absolute atomic E-state index is 4.56. The molecule has 0 fully saturated rings. The van der Waals surface area contributed by atoms with Gasteiger partial charge in [-0.3, -0.25) is 0 Å². The van der Waals surface area contributed by atoms with E-state index in [0.29, 0.717) is 11.8 Å². The molecule has 3 aromatic rings. The summed E-state index contributed by atoms with van der Waals surface area (Å²) < 4.78 is 0. The third kappa shape index (κ3) is 3.94. The molecule has 0 amide bonds. The maximum Gasteiger partial charge on any atom is 0.249 e. The predicted molar refractivity (Wildman–Crippen MR) is 103 cm³/mol. The molecule has 0 saturated carbocycles. The molecular weight excluding hydrogens is 310 g/mol. The number of hydrogen-bond donors (Lipinski definition) is 2. The molecule has 2 aromatic carbocycles. The first-order valence-electron chi connectivity index (χ1n) is 8.61. The lowest BCUT2D eigenvalue weighted by Crippen LogP contribution is -2.05. The Morgan fingerprint density at radius 2 is 1.64 bits per heavy atom. The summed E-state index contributed by atoms with van der Waals surface area (Å²) in [5.41, 5.74) is 5.73. The second kappa shape index (κ2) is 7.75. The Hall–Kier alpha value is -2.95. The average molecular weight is 333 g/mol. The largest absolute Gasteiger partial charge is 0.339 e. The molecule has 0 unspecified atom stereocenters. The number of hydrogen-bond acceptors (Lipinski definition) is 5. The van der Waals surface area contributed by atoms with E-state index in [-0.39, 0.29) is 0 Å². The van der Waals surface area contributed by atoms with Crippen LogP contribution in [0.4, 0.5) is 23.1 Å². The van der Waals surface area contributed by atoms with Gasteiger partial charge in [0.05, 0.1) is 6.20 Å². The SMILES string of the molecule is CCc1ccccc1Nc1cnnc(Nc2c(C)cccc2CC)n1. The van der Waals surface area contributed by atoms with Gasteiger partial charge in [-0.25, -0.2) is 0 Å². The van der Waals surface area contributed by atoms with Crippen LogP contribution in [0.15, 0.2) is 48.7 Å². The van der Waals surface area contributed by atoms with Gasteiger partial charge in [0.15, 0.2) is 5.82 Å². The van der Waals surface area contributed by atoms with Crippen LogP contribution < -0.4 is 10.6 Å². The van der Waals surface area contributed by atoms with Crippen molar-refractivity contribution in [1.29, 1.82) is 0 Å². The van der Waals surface area contributed by atoms with Gasteiger partial charge in [-0.15, -0.1) is 5.10 Å². The van der Waals surface area contributed by atoms with Gasteiger partial charge >= 0.3 is 0 Å². The van der Waals surface area contributed by atoms with Crippen molar-refractivity contribution >= 4 is 23.1 Å². The third-order valence-electron chi connectivity index (χ3n) is 4.20. The molecule has 0 saturated heterocycles. The standard InChI is InChI=1S/C20H23N5/c1-4-15-10-6-7-12-17(15)22-18-13-21-25-20(23-18)24-19-14(3)9-8-11-16(19)5-2/h6-13H,4-5H2,1-3H3,(H2,22,23,24,25). The number of aryl methyl sites for hydroxylation is 3. The highest BCUT2D eigenvalue weighted by molar-refractivity contribution is 5.65. The third-order valence-corrected chi connectivity index (χ3v) is 4.20. The first kappa shape index (κ1) is 16.9. The van der Waals surface area contributed by atoms with Crippen molar-refractivity contribution in [3.8, 4) is 0 Å². The molecule has 3 rings (SSSR count). The molecule has 5 nitrogen and oxygen atoms in total. The van der Waals surface area contributed by atoms with Crippen LogP contribution in [-0.2, 0) is 12.8 Å². The molecule has 0 bridgehead atoms. The fraction of sp³-hybridized carbons (Fsp3) is 0.250. The van der Waals surface area contributed by atoms with Crippen LogP contribution in [0.2, 0.25) is 0 Å². The Morgan fingerprint density at radius 1 is 0.880 bits per heavy atom. The average Bonchev–Trinajstić information content (AvgIpc) is 2.64. The van der Waals surface area contributed by atoms with Crippen LogP contribution in [0.25, 0.3) is 0 Å². The van der Waals surface area contributed by atoms with Crippen LogP contribution in [0.1, 0.15) is 30.5 Å². The summed E-state index contributed by atoms with van der Waals surface area (Å²) in [6.07, 6.45) is 3.53. The van der Waals surface area contributed by atoms with E-state index < -0.39 is 0 Å². The molecule has 5 heteroatoms. The van der Waals surface area contributed by atoms with Crippen molar-refractivity contribution in [3.05, 3.63) is 65.4 Å². The highest BCUT2D eigenvalue weighted by atomic mass is 15.3. The van der Waals surface area contributed by atoms with Gasteiger partial charge in [-0.2, -0.15) is 10.1 Å². The van der Waals surface area contributed by atoms with Crippen LogP contribution >= 0.6 is 0 Å². The Labute approximate surface area is 148 Å². The number of nitrogens with one attached hydrogen (secondary N) is 2. The molecule has 128 valence electrons. The summed E-state index contributed by atoms with van der Waals surface area (Å²) in [6.45, 7) is 6.35. The van der Waals surface area contributed by atoms with E-state index >= 15 is 0 Å². The maximum atomic E-state index is 4.56. The molecule has 0 aliphatic heterocycles. The number of rotatable bonds is 6. The first-order chi connectivity index (χ1) is 12.2. The van der Waals surface area contributed by atoms with E-state index in [4.69, 9.17) is 0 Å². The molecule has 0 aliphatic carbocycles. The summed E-state index contributed by atoms with van der Waals surface area (Å²) in [6, 6.07) is 14.5. The zero-order valence-electron chi connectivity index (χ0n) is 14.9. The number of nitrogens with zero attached hydrogens (tertiary/aromatic N) is 3. The molecule has 2 N–H and O–H groups in total. The quantitative estimate of drug-likeness (QED) is 0.679. The van der Waals surface area contributed by atoms with E-state index in [1.165, 1.54) is 11.1 Å².